The van der Waals surface area contributed by atoms with E-state index in [-0.39, 0.29) is 36.2 Å². The minimum Gasteiger partial charge on any atom is -0.494 e. The van der Waals surface area contributed by atoms with Crippen LogP contribution in [0.25, 0.3) is 0 Å². The number of ether oxygens (including phenoxy) is 1. The topological polar surface area (TPSA) is 102 Å². The zero-order chi connectivity index (χ0) is 20.4. The molecule has 0 radical (unpaired) electrons. The third kappa shape index (κ3) is 3.91. The van der Waals surface area contributed by atoms with Crippen molar-refractivity contribution >= 4 is 40.5 Å². The number of benzene rings is 2. The first-order valence-corrected chi connectivity index (χ1v) is 8.87. The summed E-state index contributed by atoms with van der Waals surface area (Å²) >= 11 is 6.08. The van der Waals surface area contributed by atoms with E-state index in [0.29, 0.717) is 16.4 Å². The number of aryl methyl sites for hydroxylation is 1. The Labute approximate surface area is 166 Å². The van der Waals surface area contributed by atoms with Gasteiger partial charge in [0, 0.05) is 29.7 Å². The van der Waals surface area contributed by atoms with Crippen LogP contribution >= 0.6 is 11.6 Å². The fourth-order valence-electron chi connectivity index (χ4n) is 3.03. The van der Waals surface area contributed by atoms with Gasteiger partial charge in [-0.25, -0.2) is 0 Å². The molecule has 2 aromatic rings. The molecule has 28 heavy (non-hydrogen) atoms. The number of nitrogens with zero attached hydrogens (tertiary/aromatic N) is 2. The minimum atomic E-state index is -0.563. The van der Waals surface area contributed by atoms with Crippen LogP contribution in [0.5, 0.6) is 5.75 Å². The lowest BCUT2D eigenvalue weighted by molar-refractivity contribution is -0.384. The van der Waals surface area contributed by atoms with Gasteiger partial charge in [-0.1, -0.05) is 17.7 Å². The van der Waals surface area contributed by atoms with Gasteiger partial charge < -0.3 is 15.0 Å². The van der Waals surface area contributed by atoms with Crippen LogP contribution in [0.3, 0.4) is 0 Å². The summed E-state index contributed by atoms with van der Waals surface area (Å²) in [5, 5.41) is 14.2. The van der Waals surface area contributed by atoms with Crippen LogP contribution in [-0.4, -0.2) is 30.4 Å². The molecule has 1 heterocycles. The number of methoxy groups -OCH3 is 1. The van der Waals surface area contributed by atoms with E-state index in [0.717, 1.165) is 5.56 Å². The van der Waals surface area contributed by atoms with Crippen LogP contribution < -0.4 is 15.0 Å². The van der Waals surface area contributed by atoms with Gasteiger partial charge in [0.25, 0.3) is 5.69 Å². The highest BCUT2D eigenvalue weighted by atomic mass is 35.5. The van der Waals surface area contributed by atoms with Crippen LogP contribution in [-0.2, 0) is 9.59 Å². The van der Waals surface area contributed by atoms with Crippen molar-refractivity contribution in [2.24, 2.45) is 5.92 Å². The summed E-state index contributed by atoms with van der Waals surface area (Å²) in [6, 6.07) is 9.20. The molecule has 1 aliphatic heterocycles. The van der Waals surface area contributed by atoms with E-state index in [1.165, 1.54) is 30.2 Å². The summed E-state index contributed by atoms with van der Waals surface area (Å²) in [6.45, 7) is 2.01. The number of amides is 2. The van der Waals surface area contributed by atoms with Gasteiger partial charge in [-0.15, -0.1) is 0 Å². The molecule has 1 fully saturated rings. The van der Waals surface area contributed by atoms with Gasteiger partial charge in [0.1, 0.15) is 5.75 Å². The quantitative estimate of drug-likeness (QED) is 0.607. The molecule has 1 N–H and O–H groups in total. The van der Waals surface area contributed by atoms with Crippen LogP contribution in [0.1, 0.15) is 12.0 Å². The summed E-state index contributed by atoms with van der Waals surface area (Å²) in [6.07, 6.45) is 0.0333. The second kappa shape index (κ2) is 7.85. The number of non-ortho nitro benzene ring substituents is 1. The molecule has 0 unspecified atom stereocenters. The number of nitro groups is 1. The first kappa shape index (κ1) is 19.6. The molecular weight excluding hydrogens is 386 g/mol. The fourth-order valence-corrected chi connectivity index (χ4v) is 3.21. The molecule has 0 bridgehead atoms. The molecular formula is C19H18ClN3O5. The number of halogens is 1. The summed E-state index contributed by atoms with van der Waals surface area (Å²) in [5.41, 5.74) is 1.70. The van der Waals surface area contributed by atoms with Gasteiger partial charge in [0.05, 0.1) is 29.7 Å². The van der Waals surface area contributed by atoms with Crippen molar-refractivity contribution in [3.63, 3.8) is 0 Å². The summed E-state index contributed by atoms with van der Waals surface area (Å²) in [5.74, 6) is -0.910. The highest BCUT2D eigenvalue weighted by Crippen LogP contribution is 2.36. The van der Waals surface area contributed by atoms with E-state index in [4.69, 9.17) is 16.3 Å². The zero-order valence-corrected chi connectivity index (χ0v) is 16.0. The van der Waals surface area contributed by atoms with Gasteiger partial charge >= 0.3 is 0 Å². The number of carbonyl (C=O) groups excluding carboxylic acids is 2. The molecule has 8 nitrogen and oxygen atoms in total. The maximum absolute atomic E-state index is 12.6. The Hall–Kier alpha value is -3.13. The Kier molecular flexibility index (Phi) is 5.51. The Morgan fingerprint density at radius 2 is 2.07 bits per heavy atom. The first-order valence-electron chi connectivity index (χ1n) is 8.50. The third-order valence-corrected chi connectivity index (χ3v) is 5.01. The highest BCUT2D eigenvalue weighted by molar-refractivity contribution is 6.31. The number of anilines is 2. The predicted molar refractivity (Wildman–Crippen MR) is 105 cm³/mol. The van der Waals surface area contributed by atoms with Crippen LogP contribution in [0, 0.1) is 23.0 Å². The number of nitro benzene ring substituents is 1. The lowest BCUT2D eigenvalue weighted by Crippen LogP contribution is -2.28. The van der Waals surface area contributed by atoms with Crippen molar-refractivity contribution in [1.82, 2.24) is 0 Å². The van der Waals surface area contributed by atoms with Crippen LogP contribution in [0.15, 0.2) is 36.4 Å². The SMILES string of the molecule is COc1cc([N+](=O)[O-])ccc1N1C[C@@H](C(=O)Nc2ccc(C)c(Cl)c2)CC1=O. The monoisotopic (exact) mass is 403 g/mol. The maximum atomic E-state index is 12.6. The number of rotatable bonds is 5. The molecule has 2 aromatic carbocycles. The van der Waals surface area contributed by atoms with Gasteiger partial charge in [-0.3, -0.25) is 19.7 Å². The lowest BCUT2D eigenvalue weighted by atomic mass is 10.1. The molecule has 3 rings (SSSR count). The largest absolute Gasteiger partial charge is 0.494 e. The summed E-state index contributed by atoms with van der Waals surface area (Å²) < 4.78 is 5.20. The Morgan fingerprint density at radius 3 is 2.71 bits per heavy atom. The second-order valence-corrected chi connectivity index (χ2v) is 6.88. The second-order valence-electron chi connectivity index (χ2n) is 6.47. The van der Waals surface area contributed by atoms with Crippen molar-refractivity contribution in [2.45, 2.75) is 13.3 Å². The maximum Gasteiger partial charge on any atom is 0.273 e. The van der Waals surface area contributed by atoms with Crippen molar-refractivity contribution in [3.05, 3.63) is 57.1 Å². The first-order chi connectivity index (χ1) is 13.3. The fraction of sp³-hybridized carbons (Fsp3) is 0.263. The minimum absolute atomic E-state index is 0.0333. The highest BCUT2D eigenvalue weighted by Gasteiger charge is 2.36. The number of carbonyl (C=O) groups is 2. The Bertz CT molecular complexity index is 963. The van der Waals surface area contributed by atoms with Gasteiger partial charge in [0.2, 0.25) is 11.8 Å². The van der Waals surface area contributed by atoms with E-state index in [2.05, 4.69) is 5.32 Å². The van der Waals surface area contributed by atoms with Crippen molar-refractivity contribution in [2.75, 3.05) is 23.9 Å². The van der Waals surface area contributed by atoms with E-state index < -0.39 is 10.8 Å². The van der Waals surface area contributed by atoms with E-state index in [1.807, 2.05) is 6.92 Å². The van der Waals surface area contributed by atoms with Crippen molar-refractivity contribution < 1.29 is 19.2 Å². The van der Waals surface area contributed by atoms with E-state index in [1.54, 1.807) is 18.2 Å². The molecule has 1 atom stereocenters. The van der Waals surface area contributed by atoms with Crippen molar-refractivity contribution in [1.29, 1.82) is 0 Å². The number of hydrogen-bond donors (Lipinski definition) is 1. The van der Waals surface area contributed by atoms with Gasteiger partial charge in [-0.2, -0.15) is 0 Å². The van der Waals surface area contributed by atoms with Gasteiger partial charge in [0.15, 0.2) is 0 Å². The summed E-state index contributed by atoms with van der Waals surface area (Å²) in [7, 11) is 1.37. The molecule has 0 saturated carbocycles. The molecule has 1 saturated heterocycles. The molecule has 0 aliphatic carbocycles. The molecule has 9 heteroatoms. The van der Waals surface area contributed by atoms with Crippen molar-refractivity contribution in [3.8, 4) is 5.75 Å². The standard InChI is InChI=1S/C19H18ClN3O5/c1-11-3-4-13(8-15(11)20)21-19(25)12-7-18(24)22(10-12)16-6-5-14(23(26)27)9-17(16)28-2/h3-6,8-9,12H,7,10H2,1-2H3,(H,21,25)/t12-/m0/s1. The average molecular weight is 404 g/mol. The third-order valence-electron chi connectivity index (χ3n) is 4.60. The lowest BCUT2D eigenvalue weighted by Gasteiger charge is -2.19. The Balaban J connectivity index is 1.77. The number of hydrogen-bond acceptors (Lipinski definition) is 5. The molecule has 2 amide bonds. The molecule has 146 valence electrons. The predicted octanol–water partition coefficient (Wildman–Crippen LogP) is 3.56. The smallest absolute Gasteiger partial charge is 0.273 e. The Morgan fingerprint density at radius 1 is 1.32 bits per heavy atom. The van der Waals surface area contributed by atoms with Crippen LogP contribution in [0.4, 0.5) is 17.1 Å². The van der Waals surface area contributed by atoms with Gasteiger partial charge in [-0.05, 0) is 30.7 Å². The molecule has 0 aromatic heterocycles. The van der Waals surface area contributed by atoms with E-state index in [9.17, 15) is 19.7 Å². The van der Waals surface area contributed by atoms with Crippen LogP contribution in [0.2, 0.25) is 5.02 Å². The van der Waals surface area contributed by atoms with E-state index >= 15 is 0 Å². The summed E-state index contributed by atoms with van der Waals surface area (Å²) in [4.78, 5) is 36.8. The molecule has 1 aliphatic rings. The zero-order valence-electron chi connectivity index (χ0n) is 15.3. The number of nitrogens with one attached hydrogen (secondary N) is 1. The normalized spacial score (nSPS) is 16.2. The average Bonchev–Trinajstić information content (AvgIpc) is 3.05. The molecule has 0 spiro atoms.